The highest BCUT2D eigenvalue weighted by molar-refractivity contribution is 5.21. The smallest absolute Gasteiger partial charge is 0.000580 e. The fourth-order valence-corrected chi connectivity index (χ4v) is 2.08. The molecule has 0 aliphatic carbocycles. The van der Waals surface area contributed by atoms with E-state index in [2.05, 4.69) is 55.7 Å². The van der Waals surface area contributed by atoms with Gasteiger partial charge in [-0.15, -0.1) is 0 Å². The summed E-state index contributed by atoms with van der Waals surface area (Å²) in [6, 6.07) is 8.83. The number of aryl methyl sites for hydroxylation is 1. The van der Waals surface area contributed by atoms with Gasteiger partial charge in [0.15, 0.2) is 0 Å². The van der Waals surface area contributed by atoms with Gasteiger partial charge in [0.25, 0.3) is 0 Å². The normalized spacial score (nSPS) is 12.9. The van der Waals surface area contributed by atoms with E-state index in [4.69, 9.17) is 0 Å². The van der Waals surface area contributed by atoms with E-state index >= 15 is 0 Å². The number of hydrogen-bond acceptors (Lipinski definition) is 2. The van der Waals surface area contributed by atoms with E-state index in [1.807, 2.05) is 7.05 Å². The maximum absolute atomic E-state index is 3.57. The zero-order valence-corrected chi connectivity index (χ0v) is 12.3. The minimum absolute atomic E-state index is 0.716. The molecule has 1 aromatic carbocycles. The third kappa shape index (κ3) is 5.65. The van der Waals surface area contributed by atoms with Crippen LogP contribution in [0.15, 0.2) is 24.3 Å². The molecule has 1 atom stereocenters. The molecule has 0 amide bonds. The predicted molar refractivity (Wildman–Crippen MR) is 80.0 cm³/mol. The highest BCUT2D eigenvalue weighted by Gasteiger charge is 2.11. The standard InChI is InChI=1S/C16H28N2/c1-13(2)16(11-17-4)12-18-10-9-15-7-5-14(3)6-8-15/h5-8,13,16-18H,9-12H2,1-4H3. The Balaban J connectivity index is 2.23. The Bertz CT molecular complexity index is 316. The van der Waals surface area contributed by atoms with Gasteiger partial charge in [-0.2, -0.15) is 0 Å². The van der Waals surface area contributed by atoms with Crippen LogP contribution in [-0.2, 0) is 6.42 Å². The molecule has 0 radical (unpaired) electrons. The van der Waals surface area contributed by atoms with Crippen molar-refractivity contribution in [3.8, 4) is 0 Å². The molecule has 0 saturated carbocycles. The lowest BCUT2D eigenvalue weighted by Gasteiger charge is -2.21. The Kier molecular flexibility index (Phi) is 6.99. The topological polar surface area (TPSA) is 24.1 Å². The third-order valence-electron chi connectivity index (χ3n) is 3.53. The number of nitrogens with one attached hydrogen (secondary N) is 2. The van der Waals surface area contributed by atoms with Crippen molar-refractivity contribution in [1.82, 2.24) is 10.6 Å². The van der Waals surface area contributed by atoms with Crippen molar-refractivity contribution in [3.63, 3.8) is 0 Å². The van der Waals surface area contributed by atoms with Gasteiger partial charge in [0.1, 0.15) is 0 Å². The highest BCUT2D eigenvalue weighted by atomic mass is 14.9. The second-order valence-electron chi connectivity index (χ2n) is 5.50. The Hall–Kier alpha value is -0.860. The summed E-state index contributed by atoms with van der Waals surface area (Å²) in [7, 11) is 2.03. The fourth-order valence-electron chi connectivity index (χ4n) is 2.08. The van der Waals surface area contributed by atoms with Gasteiger partial charge < -0.3 is 10.6 Å². The summed E-state index contributed by atoms with van der Waals surface area (Å²) >= 11 is 0. The minimum Gasteiger partial charge on any atom is -0.319 e. The molecule has 0 saturated heterocycles. The monoisotopic (exact) mass is 248 g/mol. The Morgan fingerprint density at radius 1 is 1.06 bits per heavy atom. The Morgan fingerprint density at radius 3 is 2.28 bits per heavy atom. The van der Waals surface area contributed by atoms with E-state index in [0.717, 1.165) is 32.0 Å². The van der Waals surface area contributed by atoms with Gasteiger partial charge in [-0.25, -0.2) is 0 Å². The average Bonchev–Trinajstić information content (AvgIpc) is 2.35. The molecule has 2 nitrogen and oxygen atoms in total. The first-order valence-electron chi connectivity index (χ1n) is 7.04. The second-order valence-corrected chi connectivity index (χ2v) is 5.50. The second kappa shape index (κ2) is 8.28. The van der Waals surface area contributed by atoms with Crippen molar-refractivity contribution in [3.05, 3.63) is 35.4 Å². The molecule has 2 N–H and O–H groups in total. The summed E-state index contributed by atoms with van der Waals surface area (Å²) < 4.78 is 0. The fraction of sp³-hybridized carbons (Fsp3) is 0.625. The van der Waals surface area contributed by atoms with Crippen LogP contribution in [0.1, 0.15) is 25.0 Å². The van der Waals surface area contributed by atoms with Crippen molar-refractivity contribution < 1.29 is 0 Å². The summed E-state index contributed by atoms with van der Waals surface area (Å²) in [5.74, 6) is 1.44. The van der Waals surface area contributed by atoms with Gasteiger partial charge in [-0.05, 0) is 57.4 Å². The molecular weight excluding hydrogens is 220 g/mol. The molecule has 102 valence electrons. The molecule has 0 aliphatic rings. The van der Waals surface area contributed by atoms with E-state index in [9.17, 15) is 0 Å². The van der Waals surface area contributed by atoms with Crippen LogP contribution >= 0.6 is 0 Å². The first-order chi connectivity index (χ1) is 8.63. The van der Waals surface area contributed by atoms with Crippen molar-refractivity contribution in [2.45, 2.75) is 27.2 Å². The quantitative estimate of drug-likeness (QED) is 0.691. The highest BCUT2D eigenvalue weighted by Crippen LogP contribution is 2.08. The molecule has 0 bridgehead atoms. The van der Waals surface area contributed by atoms with E-state index in [0.29, 0.717) is 5.92 Å². The third-order valence-corrected chi connectivity index (χ3v) is 3.53. The molecule has 1 unspecified atom stereocenters. The Labute approximate surface area is 112 Å². The van der Waals surface area contributed by atoms with E-state index in [1.165, 1.54) is 11.1 Å². The molecule has 1 rings (SSSR count). The SMILES string of the molecule is CNCC(CNCCc1ccc(C)cc1)C(C)C. The van der Waals surface area contributed by atoms with Crippen LogP contribution in [0.3, 0.4) is 0 Å². The summed E-state index contributed by atoms with van der Waals surface area (Å²) in [4.78, 5) is 0. The molecular formula is C16H28N2. The molecule has 0 fully saturated rings. The van der Waals surface area contributed by atoms with Gasteiger partial charge in [-0.3, -0.25) is 0 Å². The zero-order valence-electron chi connectivity index (χ0n) is 12.3. The predicted octanol–water partition coefficient (Wildman–Crippen LogP) is 2.62. The average molecular weight is 248 g/mol. The van der Waals surface area contributed by atoms with Crippen LogP contribution in [0.4, 0.5) is 0 Å². The summed E-state index contributed by atoms with van der Waals surface area (Å²) in [6.45, 7) is 9.98. The van der Waals surface area contributed by atoms with Crippen molar-refractivity contribution in [2.24, 2.45) is 11.8 Å². The minimum atomic E-state index is 0.716. The first kappa shape index (κ1) is 15.2. The van der Waals surface area contributed by atoms with Crippen LogP contribution in [0, 0.1) is 18.8 Å². The zero-order chi connectivity index (χ0) is 13.4. The Morgan fingerprint density at radius 2 is 1.72 bits per heavy atom. The van der Waals surface area contributed by atoms with E-state index in [1.54, 1.807) is 0 Å². The van der Waals surface area contributed by atoms with Gasteiger partial charge >= 0.3 is 0 Å². The van der Waals surface area contributed by atoms with Crippen molar-refractivity contribution in [2.75, 3.05) is 26.7 Å². The summed E-state index contributed by atoms with van der Waals surface area (Å²) in [5.41, 5.74) is 2.75. The lowest BCUT2D eigenvalue weighted by atomic mass is 9.96. The molecule has 18 heavy (non-hydrogen) atoms. The summed E-state index contributed by atoms with van der Waals surface area (Å²) in [5, 5.41) is 6.85. The summed E-state index contributed by atoms with van der Waals surface area (Å²) in [6.07, 6.45) is 1.12. The number of rotatable bonds is 8. The largest absolute Gasteiger partial charge is 0.319 e. The molecule has 0 aromatic heterocycles. The maximum Gasteiger partial charge on any atom is -0.000580 e. The molecule has 2 heteroatoms. The first-order valence-corrected chi connectivity index (χ1v) is 7.04. The van der Waals surface area contributed by atoms with E-state index in [-0.39, 0.29) is 0 Å². The van der Waals surface area contributed by atoms with Crippen molar-refractivity contribution >= 4 is 0 Å². The van der Waals surface area contributed by atoms with Gasteiger partial charge in [0.05, 0.1) is 0 Å². The van der Waals surface area contributed by atoms with Crippen LogP contribution in [0.25, 0.3) is 0 Å². The van der Waals surface area contributed by atoms with Crippen LogP contribution < -0.4 is 10.6 Å². The van der Waals surface area contributed by atoms with Crippen LogP contribution in [0.2, 0.25) is 0 Å². The van der Waals surface area contributed by atoms with Gasteiger partial charge in [-0.1, -0.05) is 43.7 Å². The number of benzene rings is 1. The van der Waals surface area contributed by atoms with Crippen molar-refractivity contribution in [1.29, 1.82) is 0 Å². The van der Waals surface area contributed by atoms with E-state index < -0.39 is 0 Å². The molecule has 1 aromatic rings. The lowest BCUT2D eigenvalue weighted by molar-refractivity contribution is 0.354. The van der Waals surface area contributed by atoms with Crippen LogP contribution in [-0.4, -0.2) is 26.7 Å². The molecule has 0 aliphatic heterocycles. The van der Waals surface area contributed by atoms with Crippen LogP contribution in [0.5, 0.6) is 0 Å². The van der Waals surface area contributed by atoms with Gasteiger partial charge in [0, 0.05) is 0 Å². The molecule has 0 heterocycles. The number of hydrogen-bond donors (Lipinski definition) is 2. The lowest BCUT2D eigenvalue weighted by Crippen LogP contribution is -2.34. The molecule has 0 spiro atoms. The van der Waals surface area contributed by atoms with Gasteiger partial charge in [0.2, 0.25) is 0 Å². The maximum atomic E-state index is 3.57.